The van der Waals surface area contributed by atoms with Crippen molar-refractivity contribution in [1.29, 1.82) is 16.6 Å². The van der Waals surface area contributed by atoms with Gasteiger partial charge in [0, 0.05) is 6.42 Å². The fraction of sp³-hybridized carbons (Fsp3) is 0.370. The molecule has 0 aliphatic heterocycles. The second-order valence-electron chi connectivity index (χ2n) is 9.78. The molecule has 172 valence electrons. The fourth-order valence-corrected chi connectivity index (χ4v) is 6.45. The van der Waals surface area contributed by atoms with E-state index in [0.29, 0.717) is 32.1 Å². The van der Waals surface area contributed by atoms with Crippen molar-refractivity contribution < 1.29 is 4.79 Å². The Balaban J connectivity index is 1.52. The molecule has 2 atom stereocenters. The van der Waals surface area contributed by atoms with Gasteiger partial charge in [-0.3, -0.25) is 4.79 Å². The van der Waals surface area contributed by atoms with Crippen LogP contribution in [-0.4, -0.2) is 17.4 Å². The molecule has 2 saturated carbocycles. The van der Waals surface area contributed by atoms with Crippen LogP contribution in [0.5, 0.6) is 0 Å². The van der Waals surface area contributed by atoms with E-state index in [2.05, 4.69) is 39.6 Å². The van der Waals surface area contributed by atoms with E-state index in [0.717, 1.165) is 21.9 Å². The molecule has 2 aliphatic carbocycles. The molecule has 2 unspecified atom stereocenters. The summed E-state index contributed by atoms with van der Waals surface area (Å²) in [6.07, 6.45) is 2.94. The van der Waals surface area contributed by atoms with E-state index in [1.807, 2.05) is 48.5 Å². The number of ketones is 1. The van der Waals surface area contributed by atoms with Crippen molar-refractivity contribution in [2.45, 2.75) is 55.6 Å². The lowest BCUT2D eigenvalue weighted by molar-refractivity contribution is -0.132. The number of nitrogens with one attached hydrogen (secondary N) is 3. The molecule has 3 aromatic rings. The van der Waals surface area contributed by atoms with Gasteiger partial charge in [-0.05, 0) is 54.0 Å². The topological polar surface area (TPSA) is 126 Å². The number of carbonyl (C=O) groups is 1. The van der Waals surface area contributed by atoms with E-state index in [9.17, 15) is 4.79 Å². The minimum atomic E-state index is -1.03. The van der Waals surface area contributed by atoms with Crippen LogP contribution in [0.1, 0.15) is 43.2 Å². The summed E-state index contributed by atoms with van der Waals surface area (Å²) in [5.41, 5.74) is 23.4. The van der Waals surface area contributed by atoms with Gasteiger partial charge in [-0.2, -0.15) is 15.3 Å². The lowest BCUT2D eigenvalue weighted by atomic mass is 9.57. The first-order chi connectivity index (χ1) is 16.5. The Bertz CT molecular complexity index is 1260. The third-order valence-electron chi connectivity index (χ3n) is 8.32. The molecule has 34 heavy (non-hydrogen) atoms. The summed E-state index contributed by atoms with van der Waals surface area (Å²) in [5, 5.41) is 14.2. The Hall–Kier alpha value is -3.61. The van der Waals surface area contributed by atoms with Crippen molar-refractivity contribution in [1.82, 2.24) is 0 Å². The van der Waals surface area contributed by atoms with Crippen LogP contribution in [-0.2, 0) is 16.8 Å². The molecule has 1 spiro atoms. The minimum absolute atomic E-state index is 0.0916. The van der Waals surface area contributed by atoms with Gasteiger partial charge in [-0.1, -0.05) is 72.8 Å². The number of nitrogens with zero attached hydrogens (tertiary/aromatic N) is 3. The smallest absolute Gasteiger partial charge is 0.168 e. The van der Waals surface area contributed by atoms with Crippen molar-refractivity contribution >= 4 is 16.6 Å². The van der Waals surface area contributed by atoms with Crippen LogP contribution in [0.25, 0.3) is 10.8 Å². The third-order valence-corrected chi connectivity index (χ3v) is 8.32. The lowest BCUT2D eigenvalue weighted by Crippen LogP contribution is -2.50. The van der Waals surface area contributed by atoms with Crippen LogP contribution in [0.4, 0.5) is 0 Å². The molecule has 0 amide bonds. The van der Waals surface area contributed by atoms with Crippen molar-refractivity contribution in [3.63, 3.8) is 0 Å². The van der Waals surface area contributed by atoms with Gasteiger partial charge in [0.1, 0.15) is 11.6 Å². The summed E-state index contributed by atoms with van der Waals surface area (Å²) in [4.78, 5) is 13.7. The quantitative estimate of drug-likeness (QED) is 0.342. The maximum Gasteiger partial charge on any atom is 0.168 e. The summed E-state index contributed by atoms with van der Waals surface area (Å²) in [6, 6.07) is 23.2. The molecule has 3 N–H and O–H groups in total. The second-order valence-corrected chi connectivity index (χ2v) is 9.78. The zero-order valence-corrected chi connectivity index (χ0v) is 19.0. The largest absolute Gasteiger partial charge is 0.296 e. The van der Waals surface area contributed by atoms with Crippen molar-refractivity contribution in [2.75, 3.05) is 0 Å². The van der Waals surface area contributed by atoms with Crippen LogP contribution in [0, 0.1) is 22.0 Å². The predicted molar refractivity (Wildman–Crippen MR) is 128 cm³/mol. The molecule has 5 rings (SSSR count). The molecule has 2 aliphatic rings. The maximum absolute atomic E-state index is 13.7. The first kappa shape index (κ1) is 22.2. The van der Waals surface area contributed by atoms with Gasteiger partial charge < -0.3 is 0 Å². The number of hydrogen-bond donors (Lipinski definition) is 3. The predicted octanol–water partition coefficient (Wildman–Crippen LogP) is 7.01. The van der Waals surface area contributed by atoms with Crippen LogP contribution in [0.3, 0.4) is 0 Å². The van der Waals surface area contributed by atoms with Gasteiger partial charge in [-0.25, -0.2) is 16.6 Å². The maximum atomic E-state index is 13.7. The highest BCUT2D eigenvalue weighted by atomic mass is 16.1. The van der Waals surface area contributed by atoms with Gasteiger partial charge in [-0.15, -0.1) is 0 Å². The van der Waals surface area contributed by atoms with Gasteiger partial charge in [0.25, 0.3) is 0 Å². The average Bonchev–Trinajstić information content (AvgIpc) is 3.14. The van der Waals surface area contributed by atoms with Gasteiger partial charge >= 0.3 is 0 Å². The molecule has 0 heterocycles. The van der Waals surface area contributed by atoms with Crippen LogP contribution < -0.4 is 0 Å². The Morgan fingerprint density at radius 1 is 0.794 bits per heavy atom. The van der Waals surface area contributed by atoms with E-state index in [1.165, 1.54) is 0 Å². The van der Waals surface area contributed by atoms with E-state index in [-0.39, 0.29) is 12.2 Å². The number of carbonyl (C=O) groups excluding carboxylic acids is 1. The number of rotatable bonds is 6. The number of hydrogen-bond acceptors (Lipinski definition) is 7. The van der Waals surface area contributed by atoms with E-state index in [1.54, 1.807) is 0 Å². The number of benzene rings is 3. The van der Waals surface area contributed by atoms with Gasteiger partial charge in [0.15, 0.2) is 5.78 Å². The Morgan fingerprint density at radius 2 is 1.47 bits per heavy atom. The molecule has 0 saturated heterocycles. The summed E-state index contributed by atoms with van der Waals surface area (Å²) in [5.74, 6) is -0.0916. The molecule has 0 aromatic heterocycles. The summed E-state index contributed by atoms with van der Waals surface area (Å²) >= 11 is 0. The fourth-order valence-electron chi connectivity index (χ4n) is 6.45. The Labute approximate surface area is 198 Å². The standard InChI is InChI=1S/C27H28N6O/c28-31-23-18-27(33-30,21-10-2-1-3-11-21)26(24(23)34)15-13-25(32-29,14-16-26)17-20-9-6-8-19-7-4-5-12-22(19)20/h1-12,23,28-30H,13-18H2. The minimum Gasteiger partial charge on any atom is -0.296 e. The summed E-state index contributed by atoms with van der Waals surface area (Å²) in [7, 11) is 0. The third kappa shape index (κ3) is 3.14. The highest BCUT2D eigenvalue weighted by molar-refractivity contribution is 5.94. The first-order valence-electron chi connectivity index (χ1n) is 11.7. The van der Waals surface area contributed by atoms with Crippen molar-refractivity contribution in [2.24, 2.45) is 20.8 Å². The molecule has 2 fully saturated rings. The zero-order valence-electron chi connectivity index (χ0n) is 19.0. The van der Waals surface area contributed by atoms with Gasteiger partial charge in [0.05, 0.1) is 11.0 Å². The molecular formula is C27H28N6O. The highest BCUT2D eigenvalue weighted by Crippen LogP contribution is 2.62. The van der Waals surface area contributed by atoms with E-state index < -0.39 is 22.5 Å². The van der Waals surface area contributed by atoms with E-state index >= 15 is 0 Å². The molecule has 3 aromatic carbocycles. The molecule has 0 bridgehead atoms. The van der Waals surface area contributed by atoms with Crippen LogP contribution in [0.2, 0.25) is 0 Å². The van der Waals surface area contributed by atoms with Crippen molar-refractivity contribution in [3.8, 4) is 0 Å². The van der Waals surface area contributed by atoms with Crippen molar-refractivity contribution in [3.05, 3.63) is 83.9 Å². The number of Topliss-reactive ketones (excluding diaryl/α,β-unsaturated/α-hetero) is 1. The molecule has 0 radical (unpaired) electrons. The Morgan fingerprint density at radius 3 is 2.15 bits per heavy atom. The first-order valence-corrected chi connectivity index (χ1v) is 11.7. The Kier molecular flexibility index (Phi) is 5.42. The second kappa shape index (κ2) is 8.31. The molecule has 7 nitrogen and oxygen atoms in total. The molecule has 7 heteroatoms. The highest BCUT2D eigenvalue weighted by Gasteiger charge is 2.67. The van der Waals surface area contributed by atoms with Gasteiger partial charge in [0.2, 0.25) is 0 Å². The summed E-state index contributed by atoms with van der Waals surface area (Å²) in [6.45, 7) is 0. The van der Waals surface area contributed by atoms with Crippen LogP contribution in [0.15, 0.2) is 88.1 Å². The average molecular weight is 453 g/mol. The SMILES string of the molecule is N=NC1CC(N=N)(c2ccccc2)C2(CCC(Cc3cccc4ccccc34)(N=N)CC2)C1=O. The van der Waals surface area contributed by atoms with Crippen LogP contribution >= 0.6 is 0 Å². The normalized spacial score (nSPS) is 30.9. The lowest BCUT2D eigenvalue weighted by Gasteiger charge is -2.48. The monoisotopic (exact) mass is 452 g/mol. The summed E-state index contributed by atoms with van der Waals surface area (Å²) < 4.78 is 0. The van der Waals surface area contributed by atoms with E-state index in [4.69, 9.17) is 16.6 Å². The zero-order chi connectivity index (χ0) is 23.8. The number of fused-ring (bicyclic) bond motifs is 1. The molecular weight excluding hydrogens is 424 g/mol.